The lowest BCUT2D eigenvalue weighted by Crippen LogP contribution is -2.31. The zero-order chi connectivity index (χ0) is 13.1. The number of rotatable bonds is 4. The number of aromatic nitrogens is 1. The van der Waals surface area contributed by atoms with Crippen LogP contribution in [0.1, 0.15) is 11.3 Å². The molecule has 1 aromatic carbocycles. The summed E-state index contributed by atoms with van der Waals surface area (Å²) < 4.78 is 0. The lowest BCUT2D eigenvalue weighted by molar-refractivity contribution is -0.121. The van der Waals surface area contributed by atoms with Gasteiger partial charge in [0.05, 0.1) is 11.4 Å². The number of nitrogens with two attached hydrogens (primary N) is 2. The summed E-state index contributed by atoms with van der Waals surface area (Å²) in [5.41, 5.74) is 13.8. The van der Waals surface area contributed by atoms with Crippen LogP contribution in [0.4, 0.5) is 0 Å². The van der Waals surface area contributed by atoms with E-state index in [0.29, 0.717) is 6.42 Å². The molecular weight excluding hydrogens is 226 g/mol. The number of nitrogens with zero attached hydrogens (tertiary/aromatic N) is 1. The molecule has 1 unspecified atom stereocenters. The number of pyridine rings is 1. The number of carbonyl (C=O) groups is 1. The van der Waals surface area contributed by atoms with Crippen LogP contribution in [0.5, 0.6) is 0 Å². The van der Waals surface area contributed by atoms with Crippen LogP contribution < -0.4 is 11.5 Å². The van der Waals surface area contributed by atoms with Gasteiger partial charge in [-0.15, -0.1) is 0 Å². The molecule has 0 aliphatic rings. The number of fused-ring (bicyclic) bond motifs is 1. The van der Waals surface area contributed by atoms with Crippen LogP contribution in [0.25, 0.3) is 10.9 Å². The van der Waals surface area contributed by atoms with Crippen LogP contribution in [0.2, 0.25) is 0 Å². The highest BCUT2D eigenvalue weighted by molar-refractivity contribution is 5.80. The van der Waals surface area contributed by atoms with E-state index in [2.05, 4.69) is 4.98 Å². The van der Waals surface area contributed by atoms with Crippen molar-refractivity contribution in [3.05, 3.63) is 41.6 Å². The van der Waals surface area contributed by atoms with E-state index >= 15 is 0 Å². The van der Waals surface area contributed by atoms with Crippen LogP contribution in [0.15, 0.2) is 30.3 Å². The molecular formula is C14H17N3O. The summed E-state index contributed by atoms with van der Waals surface area (Å²) in [6, 6.07) is 9.98. The molecule has 0 radical (unpaired) electrons. The van der Waals surface area contributed by atoms with Gasteiger partial charge in [0.2, 0.25) is 5.91 Å². The number of aryl methyl sites for hydroxylation is 1. The smallest absolute Gasteiger partial charge is 0.222 e. The quantitative estimate of drug-likeness (QED) is 0.845. The number of carbonyl (C=O) groups excluding carboxylic acids is 1. The zero-order valence-corrected chi connectivity index (χ0v) is 10.4. The summed E-state index contributed by atoms with van der Waals surface area (Å²) in [7, 11) is 0. The van der Waals surface area contributed by atoms with Gasteiger partial charge in [-0.2, -0.15) is 0 Å². The largest absolute Gasteiger partial charge is 0.369 e. The van der Waals surface area contributed by atoms with Gasteiger partial charge in [0.15, 0.2) is 0 Å². The normalized spacial score (nSPS) is 12.6. The molecule has 2 rings (SSSR count). The molecule has 0 spiro atoms. The minimum Gasteiger partial charge on any atom is -0.369 e. The van der Waals surface area contributed by atoms with E-state index in [1.54, 1.807) is 0 Å². The topological polar surface area (TPSA) is 82.0 Å². The van der Waals surface area contributed by atoms with Crippen molar-refractivity contribution in [2.24, 2.45) is 17.4 Å². The molecule has 4 N–H and O–H groups in total. The van der Waals surface area contributed by atoms with Crippen molar-refractivity contribution in [2.45, 2.75) is 13.3 Å². The first-order chi connectivity index (χ1) is 8.60. The van der Waals surface area contributed by atoms with Gasteiger partial charge in [0, 0.05) is 17.6 Å². The van der Waals surface area contributed by atoms with Gasteiger partial charge < -0.3 is 11.5 Å². The Labute approximate surface area is 106 Å². The SMILES string of the molecule is Cc1ccc2cc(CC(CN)C(N)=O)ccc2n1. The van der Waals surface area contributed by atoms with Gasteiger partial charge in [-0.25, -0.2) is 0 Å². The molecule has 1 amide bonds. The summed E-state index contributed by atoms with van der Waals surface area (Å²) in [4.78, 5) is 15.6. The zero-order valence-electron chi connectivity index (χ0n) is 10.4. The van der Waals surface area contributed by atoms with Crippen molar-refractivity contribution >= 4 is 16.8 Å². The van der Waals surface area contributed by atoms with Crippen LogP contribution in [-0.2, 0) is 11.2 Å². The summed E-state index contributed by atoms with van der Waals surface area (Å²) in [6.07, 6.45) is 0.579. The van der Waals surface area contributed by atoms with E-state index in [9.17, 15) is 4.79 Å². The first kappa shape index (κ1) is 12.5. The minimum atomic E-state index is -0.348. The molecule has 4 nitrogen and oxygen atoms in total. The fourth-order valence-electron chi connectivity index (χ4n) is 1.99. The van der Waals surface area contributed by atoms with E-state index in [4.69, 9.17) is 11.5 Å². The predicted octanol–water partition coefficient (Wildman–Crippen LogP) is 1.15. The average Bonchev–Trinajstić information content (AvgIpc) is 2.35. The monoisotopic (exact) mass is 243 g/mol. The summed E-state index contributed by atoms with van der Waals surface area (Å²) in [5, 5.41) is 1.07. The maximum Gasteiger partial charge on any atom is 0.222 e. The van der Waals surface area contributed by atoms with Gasteiger partial charge in [0.1, 0.15) is 0 Å². The van der Waals surface area contributed by atoms with Crippen molar-refractivity contribution in [2.75, 3.05) is 6.54 Å². The maximum absolute atomic E-state index is 11.2. The fraction of sp³-hybridized carbons (Fsp3) is 0.286. The molecule has 18 heavy (non-hydrogen) atoms. The van der Waals surface area contributed by atoms with Crippen LogP contribution >= 0.6 is 0 Å². The molecule has 0 bridgehead atoms. The second kappa shape index (κ2) is 5.14. The third-order valence-corrected chi connectivity index (χ3v) is 3.06. The Morgan fingerprint density at radius 3 is 2.78 bits per heavy atom. The third-order valence-electron chi connectivity index (χ3n) is 3.06. The lowest BCUT2D eigenvalue weighted by Gasteiger charge is -2.11. The van der Waals surface area contributed by atoms with Crippen LogP contribution in [-0.4, -0.2) is 17.4 Å². The number of benzene rings is 1. The molecule has 0 saturated carbocycles. The van der Waals surface area contributed by atoms with Crippen molar-refractivity contribution in [3.63, 3.8) is 0 Å². The highest BCUT2D eigenvalue weighted by Crippen LogP contribution is 2.17. The molecule has 0 saturated heterocycles. The second-order valence-corrected chi connectivity index (χ2v) is 4.52. The average molecular weight is 243 g/mol. The van der Waals surface area contributed by atoms with Gasteiger partial charge in [0.25, 0.3) is 0 Å². The third kappa shape index (κ3) is 2.65. The number of amides is 1. The Kier molecular flexibility index (Phi) is 3.58. The highest BCUT2D eigenvalue weighted by Gasteiger charge is 2.14. The van der Waals surface area contributed by atoms with Gasteiger partial charge in [-0.1, -0.05) is 12.1 Å². The van der Waals surface area contributed by atoms with Crippen molar-refractivity contribution in [3.8, 4) is 0 Å². The number of hydrogen-bond donors (Lipinski definition) is 2. The molecule has 1 heterocycles. The van der Waals surface area contributed by atoms with Crippen molar-refractivity contribution in [1.82, 2.24) is 4.98 Å². The van der Waals surface area contributed by atoms with Gasteiger partial charge in [-0.3, -0.25) is 9.78 Å². The van der Waals surface area contributed by atoms with E-state index in [0.717, 1.165) is 22.2 Å². The summed E-state index contributed by atoms with van der Waals surface area (Å²) >= 11 is 0. The Hall–Kier alpha value is -1.94. The van der Waals surface area contributed by atoms with Gasteiger partial charge in [-0.05, 0) is 37.1 Å². The van der Waals surface area contributed by atoms with E-state index < -0.39 is 0 Å². The standard InChI is InChI=1S/C14H17N3O/c1-9-2-4-11-6-10(3-5-13(11)17-9)7-12(8-15)14(16)18/h2-6,12H,7-8,15H2,1H3,(H2,16,18). The summed E-state index contributed by atoms with van der Waals surface area (Å²) in [6.45, 7) is 2.24. The lowest BCUT2D eigenvalue weighted by atomic mass is 9.97. The first-order valence-corrected chi connectivity index (χ1v) is 5.96. The summed E-state index contributed by atoms with van der Waals surface area (Å²) in [5.74, 6) is -0.652. The Bertz CT molecular complexity index is 580. The van der Waals surface area contributed by atoms with E-state index in [-0.39, 0.29) is 18.4 Å². The fourth-order valence-corrected chi connectivity index (χ4v) is 1.99. The Balaban J connectivity index is 2.30. The van der Waals surface area contributed by atoms with Crippen molar-refractivity contribution in [1.29, 1.82) is 0 Å². The number of hydrogen-bond acceptors (Lipinski definition) is 3. The predicted molar refractivity (Wildman–Crippen MR) is 71.9 cm³/mol. The molecule has 1 atom stereocenters. The van der Waals surface area contributed by atoms with Crippen molar-refractivity contribution < 1.29 is 4.79 Å². The molecule has 2 aromatic rings. The molecule has 0 aliphatic carbocycles. The van der Waals surface area contributed by atoms with E-state index in [1.165, 1.54) is 0 Å². The molecule has 4 heteroatoms. The Morgan fingerprint density at radius 2 is 2.11 bits per heavy atom. The maximum atomic E-state index is 11.2. The Morgan fingerprint density at radius 1 is 1.33 bits per heavy atom. The first-order valence-electron chi connectivity index (χ1n) is 5.96. The molecule has 94 valence electrons. The molecule has 1 aromatic heterocycles. The minimum absolute atomic E-state index is 0.277. The van der Waals surface area contributed by atoms with E-state index in [1.807, 2.05) is 37.3 Å². The molecule has 0 fully saturated rings. The highest BCUT2D eigenvalue weighted by atomic mass is 16.1. The van der Waals surface area contributed by atoms with Gasteiger partial charge >= 0.3 is 0 Å². The number of primary amides is 1. The van der Waals surface area contributed by atoms with Crippen LogP contribution in [0, 0.1) is 12.8 Å². The van der Waals surface area contributed by atoms with Crippen LogP contribution in [0.3, 0.4) is 0 Å². The second-order valence-electron chi connectivity index (χ2n) is 4.52. The molecule has 0 aliphatic heterocycles.